The van der Waals surface area contributed by atoms with Crippen molar-refractivity contribution in [1.82, 2.24) is 0 Å². The van der Waals surface area contributed by atoms with Gasteiger partial charge in [-0.05, 0) is 31.2 Å². The molecule has 0 saturated heterocycles. The molecule has 0 radical (unpaired) electrons. The molecule has 0 amide bonds. The summed E-state index contributed by atoms with van der Waals surface area (Å²) in [6.45, 7) is 2.94. The first-order valence-electron chi connectivity index (χ1n) is 3.66. The van der Waals surface area contributed by atoms with Crippen molar-refractivity contribution in [2.45, 2.75) is 6.92 Å². The summed E-state index contributed by atoms with van der Waals surface area (Å²) in [7, 11) is 0. The van der Waals surface area contributed by atoms with Crippen LogP contribution in [0.25, 0.3) is 0 Å². The maximum atomic E-state index is 10.3. The first-order valence-corrected chi connectivity index (χ1v) is 3.66. The van der Waals surface area contributed by atoms with E-state index in [4.69, 9.17) is 0 Å². The van der Waals surface area contributed by atoms with E-state index in [2.05, 4.69) is 5.32 Å². The van der Waals surface area contributed by atoms with Crippen molar-refractivity contribution >= 4 is 12.0 Å². The van der Waals surface area contributed by atoms with Gasteiger partial charge in [0.25, 0.3) is 0 Å². The van der Waals surface area contributed by atoms with E-state index in [1.165, 1.54) is 0 Å². The predicted molar refractivity (Wildman–Crippen MR) is 46.0 cm³/mol. The van der Waals surface area contributed by atoms with E-state index < -0.39 is 0 Å². The SMILES string of the molecule is CCNc1ccc(C=O)cc1. The molecule has 0 aliphatic rings. The lowest BCUT2D eigenvalue weighted by Gasteiger charge is -2.01. The fourth-order valence-electron chi connectivity index (χ4n) is 0.884. The summed E-state index contributed by atoms with van der Waals surface area (Å²) in [6.07, 6.45) is 0.843. The molecule has 11 heavy (non-hydrogen) atoms. The van der Waals surface area contributed by atoms with E-state index in [1.54, 1.807) is 12.1 Å². The standard InChI is InChI=1S/C9H11NO/c1-2-10-9-5-3-8(7-11)4-6-9/h3-7,10H,2H2,1H3. The minimum atomic E-state index is 0.714. The summed E-state index contributed by atoms with van der Waals surface area (Å²) in [5.74, 6) is 0. The van der Waals surface area contributed by atoms with Crippen molar-refractivity contribution in [2.24, 2.45) is 0 Å². The van der Waals surface area contributed by atoms with E-state index >= 15 is 0 Å². The van der Waals surface area contributed by atoms with Crippen LogP contribution in [-0.4, -0.2) is 12.8 Å². The Morgan fingerprint density at radius 3 is 2.45 bits per heavy atom. The Labute approximate surface area is 66.2 Å². The summed E-state index contributed by atoms with van der Waals surface area (Å²) < 4.78 is 0. The largest absolute Gasteiger partial charge is 0.385 e. The van der Waals surface area contributed by atoms with Gasteiger partial charge < -0.3 is 5.32 Å². The number of aldehydes is 1. The highest BCUT2D eigenvalue weighted by molar-refractivity contribution is 5.75. The molecule has 2 heteroatoms. The molecule has 2 nitrogen and oxygen atoms in total. The van der Waals surface area contributed by atoms with Crippen molar-refractivity contribution in [3.8, 4) is 0 Å². The van der Waals surface area contributed by atoms with Crippen molar-refractivity contribution < 1.29 is 4.79 Å². The van der Waals surface area contributed by atoms with E-state index in [9.17, 15) is 4.79 Å². The topological polar surface area (TPSA) is 29.1 Å². The zero-order chi connectivity index (χ0) is 8.10. The van der Waals surface area contributed by atoms with Gasteiger partial charge in [0.15, 0.2) is 0 Å². The molecule has 0 aromatic heterocycles. The first kappa shape index (κ1) is 7.79. The fourth-order valence-corrected chi connectivity index (χ4v) is 0.884. The molecule has 1 rings (SSSR count). The molecule has 0 fully saturated rings. The summed E-state index contributed by atoms with van der Waals surface area (Å²) in [5, 5.41) is 3.14. The highest BCUT2D eigenvalue weighted by atomic mass is 16.1. The molecule has 0 atom stereocenters. The van der Waals surface area contributed by atoms with E-state index in [0.29, 0.717) is 5.56 Å². The maximum absolute atomic E-state index is 10.3. The average molecular weight is 149 g/mol. The molecule has 1 aromatic carbocycles. The molecule has 0 saturated carbocycles. The molecule has 0 heterocycles. The lowest BCUT2D eigenvalue weighted by Crippen LogP contribution is -1.95. The number of carbonyl (C=O) groups is 1. The molecule has 1 N–H and O–H groups in total. The number of nitrogens with one attached hydrogen (secondary N) is 1. The van der Waals surface area contributed by atoms with Crippen LogP contribution in [0.5, 0.6) is 0 Å². The molecule has 0 aliphatic carbocycles. The van der Waals surface area contributed by atoms with Gasteiger partial charge in [0.2, 0.25) is 0 Å². The maximum Gasteiger partial charge on any atom is 0.150 e. The van der Waals surface area contributed by atoms with Crippen LogP contribution >= 0.6 is 0 Å². The first-order chi connectivity index (χ1) is 5.36. The lowest BCUT2D eigenvalue weighted by molar-refractivity contribution is 0.112. The van der Waals surface area contributed by atoms with Crippen molar-refractivity contribution in [3.05, 3.63) is 29.8 Å². The van der Waals surface area contributed by atoms with E-state index in [0.717, 1.165) is 18.5 Å². The Bertz CT molecular complexity index is 228. The number of anilines is 1. The van der Waals surface area contributed by atoms with Gasteiger partial charge in [0.1, 0.15) is 6.29 Å². The smallest absolute Gasteiger partial charge is 0.150 e. The van der Waals surface area contributed by atoms with E-state index in [-0.39, 0.29) is 0 Å². The van der Waals surface area contributed by atoms with Gasteiger partial charge in [-0.3, -0.25) is 4.79 Å². The highest BCUT2D eigenvalue weighted by Gasteiger charge is 1.89. The summed E-state index contributed by atoms with van der Waals surface area (Å²) >= 11 is 0. The van der Waals surface area contributed by atoms with Gasteiger partial charge >= 0.3 is 0 Å². The zero-order valence-electron chi connectivity index (χ0n) is 6.50. The van der Waals surface area contributed by atoms with Crippen molar-refractivity contribution in [2.75, 3.05) is 11.9 Å². The van der Waals surface area contributed by atoms with Crippen LogP contribution in [0.15, 0.2) is 24.3 Å². The van der Waals surface area contributed by atoms with Crippen molar-refractivity contribution in [1.29, 1.82) is 0 Å². The summed E-state index contributed by atoms with van der Waals surface area (Å²) in [4.78, 5) is 10.3. The van der Waals surface area contributed by atoms with Gasteiger partial charge in [-0.25, -0.2) is 0 Å². The molecule has 0 unspecified atom stereocenters. The molecule has 1 aromatic rings. The van der Waals surface area contributed by atoms with Gasteiger partial charge in [-0.1, -0.05) is 0 Å². The second-order valence-corrected chi connectivity index (χ2v) is 2.27. The van der Waals surface area contributed by atoms with E-state index in [1.807, 2.05) is 19.1 Å². The molecule has 0 bridgehead atoms. The number of carbonyl (C=O) groups excluding carboxylic acids is 1. The highest BCUT2D eigenvalue weighted by Crippen LogP contribution is 2.06. The Morgan fingerprint density at radius 2 is 2.00 bits per heavy atom. The number of benzene rings is 1. The van der Waals surface area contributed by atoms with Crippen LogP contribution in [0.2, 0.25) is 0 Å². The van der Waals surface area contributed by atoms with Crippen LogP contribution in [0.4, 0.5) is 5.69 Å². The second-order valence-electron chi connectivity index (χ2n) is 2.27. The van der Waals surface area contributed by atoms with Crippen LogP contribution in [0, 0.1) is 0 Å². The minimum absolute atomic E-state index is 0.714. The van der Waals surface area contributed by atoms with Gasteiger partial charge in [0, 0.05) is 17.8 Å². The molecular formula is C9H11NO. The fraction of sp³-hybridized carbons (Fsp3) is 0.222. The van der Waals surface area contributed by atoms with Crippen molar-refractivity contribution in [3.63, 3.8) is 0 Å². The zero-order valence-corrected chi connectivity index (χ0v) is 6.50. The summed E-state index contributed by atoms with van der Waals surface area (Å²) in [6, 6.07) is 7.39. The number of rotatable bonds is 3. The van der Waals surface area contributed by atoms with Gasteiger partial charge in [-0.15, -0.1) is 0 Å². The molecular weight excluding hydrogens is 138 g/mol. The number of hydrogen-bond acceptors (Lipinski definition) is 2. The molecule has 58 valence electrons. The monoisotopic (exact) mass is 149 g/mol. The predicted octanol–water partition coefficient (Wildman–Crippen LogP) is 1.93. The average Bonchev–Trinajstić information content (AvgIpc) is 2.07. The third-order valence-corrected chi connectivity index (χ3v) is 1.43. The summed E-state index contributed by atoms with van der Waals surface area (Å²) in [5.41, 5.74) is 1.77. The Balaban J connectivity index is 2.74. The van der Waals surface area contributed by atoms with Gasteiger partial charge in [-0.2, -0.15) is 0 Å². The quantitative estimate of drug-likeness (QED) is 0.665. The second kappa shape index (κ2) is 3.76. The third kappa shape index (κ3) is 2.08. The van der Waals surface area contributed by atoms with Crippen LogP contribution < -0.4 is 5.32 Å². The lowest BCUT2D eigenvalue weighted by atomic mass is 10.2. The normalized spacial score (nSPS) is 9.18. The Morgan fingerprint density at radius 1 is 1.36 bits per heavy atom. The van der Waals surface area contributed by atoms with Gasteiger partial charge in [0.05, 0.1) is 0 Å². The molecule has 0 spiro atoms. The van der Waals surface area contributed by atoms with Crippen LogP contribution in [0.1, 0.15) is 17.3 Å². The Hall–Kier alpha value is -1.31. The third-order valence-electron chi connectivity index (χ3n) is 1.43. The number of hydrogen-bond donors (Lipinski definition) is 1. The Kier molecular flexibility index (Phi) is 2.66. The van der Waals surface area contributed by atoms with Crippen LogP contribution in [-0.2, 0) is 0 Å². The van der Waals surface area contributed by atoms with Crippen LogP contribution in [0.3, 0.4) is 0 Å². The molecule has 0 aliphatic heterocycles. The minimum Gasteiger partial charge on any atom is -0.385 e.